The molecule has 6 nitrogen and oxygen atoms in total. The molecule has 0 radical (unpaired) electrons. The van der Waals surface area contributed by atoms with Crippen molar-refractivity contribution >= 4 is 17.3 Å². The molecule has 0 bridgehead atoms. The lowest BCUT2D eigenvalue weighted by Gasteiger charge is -2.08. The maximum Gasteiger partial charge on any atom is 0.311 e. The van der Waals surface area contributed by atoms with Crippen LogP contribution < -0.4 is 4.74 Å². The molecule has 1 aromatic carbocycles. The van der Waals surface area contributed by atoms with E-state index in [1.54, 1.807) is 19.2 Å². The molecule has 1 aromatic heterocycles. The average molecular weight is 296 g/mol. The molecule has 1 heterocycles. The van der Waals surface area contributed by atoms with Gasteiger partial charge in [0.25, 0.3) is 0 Å². The maximum absolute atomic E-state index is 11.0. The number of alkyl halides is 1. The van der Waals surface area contributed by atoms with Gasteiger partial charge >= 0.3 is 5.69 Å². The fourth-order valence-corrected chi connectivity index (χ4v) is 2.23. The Morgan fingerprint density at radius 3 is 2.75 bits per heavy atom. The summed E-state index contributed by atoms with van der Waals surface area (Å²) in [5.74, 6) is 0.838. The molecule has 2 aromatic rings. The number of rotatable bonds is 4. The number of aryl methyl sites for hydroxylation is 3. The summed E-state index contributed by atoms with van der Waals surface area (Å²) in [6.07, 6.45) is 0. The van der Waals surface area contributed by atoms with E-state index in [-0.39, 0.29) is 17.3 Å². The quantitative estimate of drug-likeness (QED) is 0.492. The minimum absolute atomic E-state index is 0.0880. The molecule has 0 aliphatic heterocycles. The Balaban J connectivity index is 2.49. The zero-order valence-electron chi connectivity index (χ0n) is 11.4. The van der Waals surface area contributed by atoms with Crippen molar-refractivity contribution in [2.45, 2.75) is 19.7 Å². The summed E-state index contributed by atoms with van der Waals surface area (Å²) in [4.78, 5) is 10.6. The third-order valence-corrected chi connectivity index (χ3v) is 3.21. The third-order valence-electron chi connectivity index (χ3n) is 2.94. The van der Waals surface area contributed by atoms with Crippen LogP contribution in [0, 0.1) is 24.0 Å². The van der Waals surface area contributed by atoms with Gasteiger partial charge in [0, 0.05) is 13.1 Å². The van der Waals surface area contributed by atoms with Crippen LogP contribution in [0.4, 0.5) is 5.69 Å². The molecule has 0 fully saturated rings. The van der Waals surface area contributed by atoms with E-state index in [1.165, 1.54) is 10.7 Å². The highest BCUT2D eigenvalue weighted by atomic mass is 35.5. The Morgan fingerprint density at radius 1 is 1.45 bits per heavy atom. The lowest BCUT2D eigenvalue weighted by atomic mass is 10.2. The van der Waals surface area contributed by atoms with Crippen LogP contribution in [0.3, 0.4) is 0 Å². The fraction of sp³-hybridized carbons (Fsp3) is 0.308. The molecular weight excluding hydrogens is 282 g/mol. The lowest BCUT2D eigenvalue weighted by Crippen LogP contribution is -1.99. The van der Waals surface area contributed by atoms with E-state index in [0.29, 0.717) is 5.88 Å². The van der Waals surface area contributed by atoms with Crippen LogP contribution in [0.2, 0.25) is 0 Å². The van der Waals surface area contributed by atoms with E-state index >= 15 is 0 Å². The predicted octanol–water partition coefficient (Wildman–Crippen LogP) is 3.48. The van der Waals surface area contributed by atoms with Crippen molar-refractivity contribution in [2.75, 3.05) is 0 Å². The Morgan fingerprint density at radius 2 is 2.15 bits per heavy atom. The summed E-state index contributed by atoms with van der Waals surface area (Å²) in [6, 6.07) is 4.72. The molecule has 0 saturated heterocycles. The van der Waals surface area contributed by atoms with Gasteiger partial charge in [-0.15, -0.1) is 11.6 Å². The monoisotopic (exact) mass is 295 g/mol. The average Bonchev–Trinajstić information content (AvgIpc) is 2.63. The standard InChI is InChI=1S/C13H14ClN3O3/c1-8-4-5-11(17(18)19)12(6-8)20-13-10(7-14)9(2)15-16(13)3/h4-6H,7H2,1-3H3. The van der Waals surface area contributed by atoms with E-state index in [0.717, 1.165) is 16.8 Å². The first-order valence-corrected chi connectivity index (χ1v) is 6.48. The van der Waals surface area contributed by atoms with Crippen LogP contribution in [0.1, 0.15) is 16.8 Å². The van der Waals surface area contributed by atoms with Crippen LogP contribution >= 0.6 is 11.6 Å². The zero-order valence-corrected chi connectivity index (χ0v) is 12.1. The molecule has 7 heteroatoms. The predicted molar refractivity (Wildman–Crippen MR) is 75.4 cm³/mol. The third kappa shape index (κ3) is 2.60. The van der Waals surface area contributed by atoms with Gasteiger partial charge in [0.1, 0.15) is 0 Å². The summed E-state index contributed by atoms with van der Waals surface area (Å²) in [7, 11) is 1.71. The number of nitrogens with zero attached hydrogens (tertiary/aromatic N) is 3. The number of halogens is 1. The first-order valence-electron chi connectivity index (χ1n) is 5.95. The first kappa shape index (κ1) is 14.3. The van der Waals surface area contributed by atoms with Crippen LogP contribution in [0.5, 0.6) is 11.6 Å². The lowest BCUT2D eigenvalue weighted by molar-refractivity contribution is -0.385. The van der Waals surface area contributed by atoms with Gasteiger partial charge in [-0.05, 0) is 25.5 Å². The number of benzene rings is 1. The largest absolute Gasteiger partial charge is 0.432 e. The Kier molecular flexibility index (Phi) is 3.94. The molecule has 0 atom stereocenters. The number of hydrogen-bond acceptors (Lipinski definition) is 4. The van der Waals surface area contributed by atoms with Crippen LogP contribution in [-0.4, -0.2) is 14.7 Å². The Labute approximate surface area is 121 Å². The van der Waals surface area contributed by atoms with Gasteiger partial charge in [0.15, 0.2) is 0 Å². The molecule has 0 saturated carbocycles. The van der Waals surface area contributed by atoms with Crippen molar-refractivity contribution in [3.8, 4) is 11.6 Å². The Hall–Kier alpha value is -2.08. The van der Waals surface area contributed by atoms with Crippen LogP contribution in [0.25, 0.3) is 0 Å². The molecule has 0 N–H and O–H groups in total. The molecular formula is C13H14ClN3O3. The first-order chi connectivity index (χ1) is 9.43. The number of ether oxygens (including phenoxy) is 1. The highest BCUT2D eigenvalue weighted by molar-refractivity contribution is 6.17. The molecule has 2 rings (SSSR count). The summed E-state index contributed by atoms with van der Waals surface area (Å²) in [6.45, 7) is 3.66. The van der Waals surface area contributed by atoms with Crippen molar-refractivity contribution in [3.63, 3.8) is 0 Å². The van der Waals surface area contributed by atoms with Gasteiger partial charge < -0.3 is 4.74 Å². The van der Waals surface area contributed by atoms with E-state index in [1.807, 2.05) is 13.8 Å². The maximum atomic E-state index is 11.0. The number of aromatic nitrogens is 2. The van der Waals surface area contributed by atoms with Gasteiger partial charge in [-0.1, -0.05) is 6.07 Å². The molecule has 0 aliphatic carbocycles. The van der Waals surface area contributed by atoms with Crippen molar-refractivity contribution < 1.29 is 9.66 Å². The smallest absolute Gasteiger partial charge is 0.311 e. The zero-order chi connectivity index (χ0) is 14.9. The van der Waals surface area contributed by atoms with Crippen molar-refractivity contribution in [1.82, 2.24) is 9.78 Å². The summed E-state index contributed by atoms with van der Waals surface area (Å²) in [5, 5.41) is 15.3. The SMILES string of the molecule is Cc1ccc([N+](=O)[O-])c(Oc2c(CCl)c(C)nn2C)c1. The normalized spacial score (nSPS) is 10.6. The second-order valence-electron chi connectivity index (χ2n) is 4.46. The highest BCUT2D eigenvalue weighted by Gasteiger charge is 2.20. The van der Waals surface area contributed by atoms with Crippen LogP contribution in [-0.2, 0) is 12.9 Å². The summed E-state index contributed by atoms with van der Waals surface area (Å²) < 4.78 is 7.23. The van der Waals surface area contributed by atoms with Crippen LogP contribution in [0.15, 0.2) is 18.2 Å². The van der Waals surface area contributed by atoms with Gasteiger partial charge in [0.2, 0.25) is 11.6 Å². The number of hydrogen-bond donors (Lipinski definition) is 0. The van der Waals surface area contributed by atoms with Gasteiger partial charge in [-0.2, -0.15) is 5.10 Å². The van der Waals surface area contributed by atoms with Crippen molar-refractivity contribution in [3.05, 3.63) is 45.1 Å². The molecule has 0 spiro atoms. The van der Waals surface area contributed by atoms with E-state index < -0.39 is 4.92 Å². The second-order valence-corrected chi connectivity index (χ2v) is 4.72. The molecule has 106 valence electrons. The number of nitro benzene ring substituents is 1. The molecule has 0 amide bonds. The molecule has 0 aliphatic rings. The topological polar surface area (TPSA) is 70.2 Å². The highest BCUT2D eigenvalue weighted by Crippen LogP contribution is 2.34. The molecule has 20 heavy (non-hydrogen) atoms. The van der Waals surface area contributed by atoms with Gasteiger partial charge in [-0.25, -0.2) is 4.68 Å². The van der Waals surface area contributed by atoms with Crippen molar-refractivity contribution in [2.24, 2.45) is 7.05 Å². The minimum atomic E-state index is -0.474. The van der Waals surface area contributed by atoms with E-state index in [9.17, 15) is 10.1 Å². The second kappa shape index (κ2) is 5.50. The van der Waals surface area contributed by atoms with Gasteiger partial charge in [-0.3, -0.25) is 10.1 Å². The molecule has 0 unspecified atom stereocenters. The summed E-state index contributed by atoms with van der Waals surface area (Å²) >= 11 is 5.88. The van der Waals surface area contributed by atoms with E-state index in [4.69, 9.17) is 16.3 Å². The fourth-order valence-electron chi connectivity index (χ4n) is 1.92. The van der Waals surface area contributed by atoms with E-state index in [2.05, 4.69) is 5.10 Å². The minimum Gasteiger partial charge on any atom is -0.432 e. The van der Waals surface area contributed by atoms with Crippen molar-refractivity contribution in [1.29, 1.82) is 0 Å². The Bertz CT molecular complexity index is 667. The summed E-state index contributed by atoms with van der Waals surface area (Å²) in [5.41, 5.74) is 2.25. The number of nitro groups is 1. The van der Waals surface area contributed by atoms with Gasteiger partial charge in [0.05, 0.1) is 22.1 Å².